The molecule has 0 fully saturated rings. The molecule has 3 heterocycles. The van der Waals surface area contributed by atoms with Crippen molar-refractivity contribution in [3.8, 4) is 22.3 Å². The molecular formula is C33H33N5O3S. The van der Waals surface area contributed by atoms with Gasteiger partial charge in [-0.1, -0.05) is 30.3 Å². The number of benzene rings is 3. The van der Waals surface area contributed by atoms with Crippen LogP contribution in [0.1, 0.15) is 32.6 Å². The molecule has 8 nitrogen and oxygen atoms in total. The molecular weight excluding hydrogens is 546 g/mol. The molecule has 0 aliphatic carbocycles. The molecule has 0 atom stereocenters. The number of carbonyl (C=O) groups excluding carboxylic acids is 1. The van der Waals surface area contributed by atoms with E-state index in [-0.39, 0.29) is 15.8 Å². The predicted octanol–water partition coefficient (Wildman–Crippen LogP) is 5.43. The molecule has 214 valence electrons. The first kappa shape index (κ1) is 27.8. The van der Waals surface area contributed by atoms with Crippen molar-refractivity contribution in [1.29, 1.82) is 0 Å². The van der Waals surface area contributed by atoms with Gasteiger partial charge in [0.1, 0.15) is 5.52 Å². The summed E-state index contributed by atoms with van der Waals surface area (Å²) in [4.78, 5) is 28.5. The number of fused-ring (bicyclic) bond motifs is 2. The minimum absolute atomic E-state index is 0.0938. The molecule has 0 saturated carbocycles. The largest absolute Gasteiger partial charge is 0.345 e. The van der Waals surface area contributed by atoms with E-state index in [2.05, 4.69) is 46.0 Å². The van der Waals surface area contributed by atoms with Crippen molar-refractivity contribution in [3.05, 3.63) is 94.8 Å². The van der Waals surface area contributed by atoms with Crippen LogP contribution in [-0.4, -0.2) is 66.8 Å². The molecule has 6 rings (SSSR count). The van der Waals surface area contributed by atoms with Crippen LogP contribution in [0.25, 0.3) is 33.4 Å². The Balaban J connectivity index is 1.44. The average molecular weight is 580 g/mol. The number of carbonyl (C=O) groups is 1. The lowest BCUT2D eigenvalue weighted by Gasteiger charge is -2.27. The van der Waals surface area contributed by atoms with Crippen LogP contribution in [0.4, 0.5) is 0 Å². The minimum atomic E-state index is -4.03. The molecule has 42 heavy (non-hydrogen) atoms. The van der Waals surface area contributed by atoms with Gasteiger partial charge in [0.25, 0.3) is 5.91 Å². The molecule has 0 radical (unpaired) electrons. The number of hydrogen-bond acceptors (Lipinski definition) is 6. The van der Waals surface area contributed by atoms with Crippen molar-refractivity contribution >= 4 is 26.9 Å². The van der Waals surface area contributed by atoms with Crippen molar-refractivity contribution in [2.45, 2.75) is 36.7 Å². The molecule has 1 N–H and O–H groups in total. The third-order valence-corrected chi connectivity index (χ3v) is 9.63. The highest BCUT2D eigenvalue weighted by molar-refractivity contribution is 7.91. The van der Waals surface area contributed by atoms with Gasteiger partial charge >= 0.3 is 0 Å². The summed E-state index contributed by atoms with van der Waals surface area (Å²) in [6.07, 6.45) is 4.06. The normalized spacial score (nSPS) is 13.7. The highest BCUT2D eigenvalue weighted by Crippen LogP contribution is 2.36. The van der Waals surface area contributed by atoms with Crippen molar-refractivity contribution in [2.75, 3.05) is 27.7 Å². The number of aromatic amines is 1. The standard InChI is InChI=1S/C33H33N5O3S/c1-20-6-11-27(24-15-21(2)26-12-13-38(5)19-25(26)16-24)29(14-20)42(40,41)30-18-35-32-31(36-30)28(17-34-32)22-7-9-23(10-8-22)33(39)37(3)4/h6-11,14-18H,12-13,19H2,1-5H3,(H,34,35). The third kappa shape index (κ3) is 4.88. The Kier molecular flexibility index (Phi) is 6.95. The van der Waals surface area contributed by atoms with Gasteiger partial charge in [-0.3, -0.25) is 4.79 Å². The van der Waals surface area contributed by atoms with Crippen molar-refractivity contribution in [1.82, 2.24) is 24.8 Å². The maximum atomic E-state index is 14.2. The topological polar surface area (TPSA) is 99.3 Å². The molecule has 0 saturated heterocycles. The van der Waals surface area contributed by atoms with Crippen molar-refractivity contribution in [2.24, 2.45) is 0 Å². The van der Waals surface area contributed by atoms with Crippen molar-refractivity contribution in [3.63, 3.8) is 0 Å². The van der Waals surface area contributed by atoms with Crippen LogP contribution in [0.3, 0.4) is 0 Å². The lowest BCUT2D eigenvalue weighted by atomic mass is 9.90. The molecule has 5 aromatic rings. The summed E-state index contributed by atoms with van der Waals surface area (Å²) in [6.45, 7) is 5.84. The average Bonchev–Trinajstić information content (AvgIpc) is 3.40. The lowest BCUT2D eigenvalue weighted by Crippen LogP contribution is -2.27. The summed E-state index contributed by atoms with van der Waals surface area (Å²) < 4.78 is 28.5. The van der Waals surface area contributed by atoms with Gasteiger partial charge in [-0.15, -0.1) is 0 Å². The molecule has 2 aromatic heterocycles. The molecule has 1 aliphatic rings. The van der Waals surface area contributed by atoms with Gasteiger partial charge in [0.2, 0.25) is 9.84 Å². The van der Waals surface area contributed by atoms with Crippen LogP contribution in [0.2, 0.25) is 0 Å². The van der Waals surface area contributed by atoms with E-state index in [0.717, 1.165) is 36.2 Å². The van der Waals surface area contributed by atoms with E-state index in [1.165, 1.54) is 27.8 Å². The number of amides is 1. The molecule has 1 amide bonds. The van der Waals surface area contributed by atoms with Crippen LogP contribution >= 0.6 is 0 Å². The SMILES string of the molecule is Cc1ccc(-c2cc(C)c3c(c2)CN(C)CC3)c(S(=O)(=O)c2cnc3[nH]cc(-c4ccc(C(=O)N(C)C)cc4)c3n2)c1. The Morgan fingerprint density at radius 2 is 1.74 bits per heavy atom. The van der Waals surface area contributed by atoms with Gasteiger partial charge < -0.3 is 14.8 Å². The first-order chi connectivity index (χ1) is 20.0. The summed E-state index contributed by atoms with van der Waals surface area (Å²) in [7, 11) is 1.49. The Bertz CT molecular complexity index is 1960. The zero-order valence-electron chi connectivity index (χ0n) is 24.4. The van der Waals surface area contributed by atoms with E-state index in [1.807, 2.05) is 31.2 Å². The Labute approximate surface area is 246 Å². The molecule has 0 spiro atoms. The highest BCUT2D eigenvalue weighted by atomic mass is 32.2. The zero-order valence-corrected chi connectivity index (χ0v) is 25.2. The van der Waals surface area contributed by atoms with E-state index in [4.69, 9.17) is 0 Å². The van der Waals surface area contributed by atoms with Gasteiger partial charge in [0.05, 0.1) is 11.1 Å². The number of nitrogens with one attached hydrogen (secondary N) is 1. The van der Waals surface area contributed by atoms with Gasteiger partial charge in [0.15, 0.2) is 10.7 Å². The summed E-state index contributed by atoms with van der Waals surface area (Å²) in [5.74, 6) is -0.0938. The highest BCUT2D eigenvalue weighted by Gasteiger charge is 2.27. The number of rotatable bonds is 5. The number of likely N-dealkylation sites (N-methyl/N-ethyl adjacent to an activating group) is 1. The molecule has 3 aromatic carbocycles. The summed E-state index contributed by atoms with van der Waals surface area (Å²) in [6, 6.07) is 16.9. The fourth-order valence-corrected chi connectivity index (χ4v) is 7.14. The Morgan fingerprint density at radius 1 is 0.976 bits per heavy atom. The van der Waals surface area contributed by atoms with Crippen LogP contribution < -0.4 is 0 Å². The number of aryl methyl sites for hydroxylation is 2. The van der Waals surface area contributed by atoms with Gasteiger partial charge in [-0.25, -0.2) is 18.4 Å². The van der Waals surface area contributed by atoms with Crippen LogP contribution in [0, 0.1) is 13.8 Å². The number of sulfone groups is 1. The maximum Gasteiger partial charge on any atom is 0.253 e. The van der Waals surface area contributed by atoms with Gasteiger partial charge in [0, 0.05) is 50.1 Å². The smallest absolute Gasteiger partial charge is 0.253 e. The Hall–Kier alpha value is -4.34. The summed E-state index contributed by atoms with van der Waals surface area (Å²) >= 11 is 0. The zero-order chi connectivity index (χ0) is 29.8. The van der Waals surface area contributed by atoms with E-state index in [0.29, 0.717) is 27.9 Å². The molecule has 0 bridgehead atoms. The summed E-state index contributed by atoms with van der Waals surface area (Å²) in [5, 5.41) is -0.114. The first-order valence-electron chi connectivity index (χ1n) is 13.9. The summed E-state index contributed by atoms with van der Waals surface area (Å²) in [5.41, 5.74) is 9.13. The third-order valence-electron chi connectivity index (χ3n) is 7.97. The number of nitrogens with zero attached hydrogens (tertiary/aromatic N) is 4. The first-order valence-corrected chi connectivity index (χ1v) is 15.3. The fraction of sp³-hybridized carbons (Fsp3) is 0.242. The Morgan fingerprint density at radius 3 is 2.48 bits per heavy atom. The molecule has 0 unspecified atom stereocenters. The van der Waals surface area contributed by atoms with Crippen molar-refractivity contribution < 1.29 is 13.2 Å². The second-order valence-corrected chi connectivity index (χ2v) is 13.2. The van der Waals surface area contributed by atoms with Crippen LogP contribution in [-0.2, 0) is 22.8 Å². The van der Waals surface area contributed by atoms with E-state index < -0.39 is 9.84 Å². The second kappa shape index (κ2) is 10.5. The van der Waals surface area contributed by atoms with Crippen LogP contribution in [0.15, 0.2) is 76.9 Å². The number of aromatic nitrogens is 3. The van der Waals surface area contributed by atoms with E-state index in [1.54, 1.807) is 38.5 Å². The maximum absolute atomic E-state index is 14.2. The van der Waals surface area contributed by atoms with E-state index in [9.17, 15) is 13.2 Å². The molecule has 1 aliphatic heterocycles. The van der Waals surface area contributed by atoms with Crippen LogP contribution in [0.5, 0.6) is 0 Å². The van der Waals surface area contributed by atoms with Gasteiger partial charge in [-0.2, -0.15) is 0 Å². The monoisotopic (exact) mass is 579 g/mol. The fourth-order valence-electron chi connectivity index (χ4n) is 5.70. The number of H-pyrrole nitrogens is 1. The number of hydrogen-bond donors (Lipinski definition) is 1. The lowest BCUT2D eigenvalue weighted by molar-refractivity contribution is 0.0827. The van der Waals surface area contributed by atoms with E-state index >= 15 is 0 Å². The quantitative estimate of drug-likeness (QED) is 0.298. The van der Waals surface area contributed by atoms with Gasteiger partial charge in [-0.05, 0) is 85.0 Å². The molecule has 9 heteroatoms. The minimum Gasteiger partial charge on any atom is -0.345 e. The predicted molar refractivity (Wildman–Crippen MR) is 164 cm³/mol. The second-order valence-electron chi connectivity index (χ2n) is 11.3.